The van der Waals surface area contributed by atoms with Crippen molar-refractivity contribution < 1.29 is 13.2 Å². The molecule has 22 heavy (non-hydrogen) atoms. The number of hydrogen-bond acceptors (Lipinski definition) is 3. The summed E-state index contributed by atoms with van der Waals surface area (Å²) >= 11 is 0. The number of ether oxygens (including phenoxy) is 1. The minimum absolute atomic E-state index is 0.192. The molecule has 2 aromatic carbocycles. The molecule has 0 saturated carbocycles. The Bertz CT molecular complexity index is 712. The van der Waals surface area contributed by atoms with Crippen molar-refractivity contribution in [1.82, 2.24) is 4.72 Å². The first kappa shape index (κ1) is 16.5. The summed E-state index contributed by atoms with van der Waals surface area (Å²) in [6.45, 7) is 4.59. The summed E-state index contributed by atoms with van der Waals surface area (Å²) in [5.41, 5.74) is 1.79. The van der Waals surface area contributed by atoms with Crippen molar-refractivity contribution in [1.29, 1.82) is 0 Å². The molecule has 0 unspecified atom stereocenters. The maximum absolute atomic E-state index is 12.6. The normalized spacial score (nSPS) is 11.4. The van der Waals surface area contributed by atoms with Gasteiger partial charge in [-0.15, -0.1) is 0 Å². The third kappa shape index (κ3) is 4.32. The van der Waals surface area contributed by atoms with Crippen LogP contribution in [0.4, 0.5) is 0 Å². The number of hydrogen-bond donors (Lipinski definition) is 1. The largest absolute Gasteiger partial charge is 0.492 e. The van der Waals surface area contributed by atoms with Gasteiger partial charge < -0.3 is 4.74 Å². The Labute approximate surface area is 132 Å². The van der Waals surface area contributed by atoms with Crippen molar-refractivity contribution in [3.05, 3.63) is 59.7 Å². The molecule has 0 aliphatic rings. The molecule has 0 fully saturated rings. The molecule has 0 amide bonds. The summed E-state index contributed by atoms with van der Waals surface area (Å²) < 4.78 is 33.3. The first-order valence-corrected chi connectivity index (χ1v) is 8.78. The van der Waals surface area contributed by atoms with Gasteiger partial charge in [0.15, 0.2) is 0 Å². The monoisotopic (exact) mass is 319 g/mol. The number of sulfonamides is 1. The van der Waals surface area contributed by atoms with Gasteiger partial charge in [-0.05, 0) is 36.6 Å². The highest BCUT2D eigenvalue weighted by atomic mass is 32.2. The second kappa shape index (κ2) is 7.42. The first-order chi connectivity index (χ1) is 10.5. The smallest absolute Gasteiger partial charge is 0.244 e. The van der Waals surface area contributed by atoms with E-state index in [0.717, 1.165) is 17.5 Å². The van der Waals surface area contributed by atoms with Crippen LogP contribution in [0.15, 0.2) is 53.4 Å². The van der Waals surface area contributed by atoms with E-state index in [-0.39, 0.29) is 11.4 Å². The van der Waals surface area contributed by atoms with Gasteiger partial charge in [-0.2, -0.15) is 0 Å². The van der Waals surface area contributed by atoms with Crippen molar-refractivity contribution in [3.63, 3.8) is 0 Å². The third-order valence-electron chi connectivity index (χ3n) is 3.16. The standard InChI is InChI=1S/C17H21NO3S/c1-3-11-21-16-10-9-14(2)12-17(16)22(19,20)18-13-15-7-5-4-6-8-15/h4-10,12,18H,3,11,13H2,1-2H3. The lowest BCUT2D eigenvalue weighted by atomic mass is 10.2. The van der Waals surface area contributed by atoms with Crippen LogP contribution in [0.5, 0.6) is 5.75 Å². The Kier molecular flexibility index (Phi) is 5.57. The van der Waals surface area contributed by atoms with Gasteiger partial charge in [-0.25, -0.2) is 13.1 Å². The van der Waals surface area contributed by atoms with Gasteiger partial charge in [0.05, 0.1) is 6.61 Å². The lowest BCUT2D eigenvalue weighted by Gasteiger charge is -2.13. The van der Waals surface area contributed by atoms with Crippen molar-refractivity contribution in [2.24, 2.45) is 0 Å². The SMILES string of the molecule is CCCOc1ccc(C)cc1S(=O)(=O)NCc1ccccc1. The number of aryl methyl sites for hydroxylation is 1. The lowest BCUT2D eigenvalue weighted by molar-refractivity contribution is 0.309. The maximum atomic E-state index is 12.6. The zero-order chi connectivity index (χ0) is 16.0. The van der Waals surface area contributed by atoms with Gasteiger partial charge in [-0.1, -0.05) is 43.3 Å². The van der Waals surface area contributed by atoms with E-state index in [1.165, 1.54) is 0 Å². The fourth-order valence-corrected chi connectivity index (χ4v) is 3.25. The third-order valence-corrected chi connectivity index (χ3v) is 4.58. The van der Waals surface area contributed by atoms with E-state index in [9.17, 15) is 8.42 Å². The Balaban J connectivity index is 2.22. The summed E-state index contributed by atoms with van der Waals surface area (Å²) in [6, 6.07) is 14.6. The van der Waals surface area contributed by atoms with Gasteiger partial charge >= 0.3 is 0 Å². The van der Waals surface area contributed by atoms with E-state index in [1.807, 2.05) is 50.2 Å². The highest BCUT2D eigenvalue weighted by Crippen LogP contribution is 2.25. The highest BCUT2D eigenvalue weighted by molar-refractivity contribution is 7.89. The topological polar surface area (TPSA) is 55.4 Å². The van der Waals surface area contributed by atoms with Crippen LogP contribution in [0.25, 0.3) is 0 Å². The van der Waals surface area contributed by atoms with E-state index in [4.69, 9.17) is 4.74 Å². The Hall–Kier alpha value is -1.85. The molecule has 0 heterocycles. The van der Waals surface area contributed by atoms with Crippen molar-refractivity contribution >= 4 is 10.0 Å². The molecule has 0 aliphatic carbocycles. The molecule has 0 bridgehead atoms. The molecule has 0 aromatic heterocycles. The Morgan fingerprint density at radius 1 is 1.09 bits per heavy atom. The fourth-order valence-electron chi connectivity index (χ4n) is 2.01. The molecule has 0 spiro atoms. The number of rotatable bonds is 7. The van der Waals surface area contributed by atoms with Gasteiger partial charge in [0.2, 0.25) is 10.0 Å². The second-order valence-corrected chi connectivity index (χ2v) is 6.84. The fraction of sp³-hybridized carbons (Fsp3) is 0.294. The van der Waals surface area contributed by atoms with Crippen molar-refractivity contribution in [3.8, 4) is 5.75 Å². The average molecular weight is 319 g/mol. The molecule has 5 heteroatoms. The van der Waals surface area contributed by atoms with Crippen LogP contribution >= 0.6 is 0 Å². The molecule has 118 valence electrons. The Morgan fingerprint density at radius 3 is 2.50 bits per heavy atom. The first-order valence-electron chi connectivity index (χ1n) is 7.30. The summed E-state index contributed by atoms with van der Waals surface area (Å²) in [6.07, 6.45) is 0.824. The molecule has 0 radical (unpaired) electrons. The van der Waals surface area contributed by atoms with Crippen molar-refractivity contribution in [2.75, 3.05) is 6.61 Å². The zero-order valence-corrected chi connectivity index (χ0v) is 13.7. The van der Waals surface area contributed by atoms with E-state index < -0.39 is 10.0 Å². The van der Waals surface area contributed by atoms with Crippen LogP contribution in [0, 0.1) is 6.92 Å². The molecular formula is C17H21NO3S. The molecule has 2 aromatic rings. The predicted molar refractivity (Wildman–Crippen MR) is 87.4 cm³/mol. The second-order valence-electron chi connectivity index (χ2n) is 5.11. The van der Waals surface area contributed by atoms with Crippen LogP contribution in [-0.2, 0) is 16.6 Å². The van der Waals surface area contributed by atoms with Crippen LogP contribution in [0.1, 0.15) is 24.5 Å². The maximum Gasteiger partial charge on any atom is 0.244 e. The van der Waals surface area contributed by atoms with Gasteiger partial charge in [-0.3, -0.25) is 0 Å². The van der Waals surface area contributed by atoms with E-state index in [1.54, 1.807) is 12.1 Å². The summed E-state index contributed by atoms with van der Waals surface area (Å²) in [7, 11) is -3.62. The molecule has 0 atom stereocenters. The predicted octanol–water partition coefficient (Wildman–Crippen LogP) is 3.26. The molecule has 2 rings (SSSR count). The lowest BCUT2D eigenvalue weighted by Crippen LogP contribution is -2.24. The molecule has 0 aliphatic heterocycles. The molecular weight excluding hydrogens is 298 g/mol. The minimum Gasteiger partial charge on any atom is -0.492 e. The van der Waals surface area contributed by atoms with Crippen LogP contribution < -0.4 is 9.46 Å². The number of nitrogens with one attached hydrogen (secondary N) is 1. The van der Waals surface area contributed by atoms with Crippen LogP contribution in [0.3, 0.4) is 0 Å². The van der Waals surface area contributed by atoms with E-state index in [0.29, 0.717) is 12.4 Å². The average Bonchev–Trinajstić information content (AvgIpc) is 2.53. The summed E-state index contributed by atoms with van der Waals surface area (Å²) in [4.78, 5) is 0.192. The summed E-state index contributed by atoms with van der Waals surface area (Å²) in [5.74, 6) is 0.396. The number of benzene rings is 2. The van der Waals surface area contributed by atoms with E-state index >= 15 is 0 Å². The minimum atomic E-state index is -3.62. The zero-order valence-electron chi connectivity index (χ0n) is 12.9. The van der Waals surface area contributed by atoms with Crippen molar-refractivity contribution in [2.45, 2.75) is 31.7 Å². The van der Waals surface area contributed by atoms with E-state index in [2.05, 4.69) is 4.72 Å². The van der Waals surface area contributed by atoms with Crippen LogP contribution in [-0.4, -0.2) is 15.0 Å². The summed E-state index contributed by atoms with van der Waals surface area (Å²) in [5, 5.41) is 0. The molecule has 4 nitrogen and oxygen atoms in total. The van der Waals surface area contributed by atoms with Gasteiger partial charge in [0, 0.05) is 6.54 Å². The molecule has 1 N–H and O–H groups in total. The van der Waals surface area contributed by atoms with Gasteiger partial charge in [0.1, 0.15) is 10.6 Å². The Morgan fingerprint density at radius 2 is 1.82 bits per heavy atom. The molecule has 0 saturated heterocycles. The van der Waals surface area contributed by atoms with Gasteiger partial charge in [0.25, 0.3) is 0 Å². The highest BCUT2D eigenvalue weighted by Gasteiger charge is 2.19. The quantitative estimate of drug-likeness (QED) is 0.852. The van der Waals surface area contributed by atoms with Crippen LogP contribution in [0.2, 0.25) is 0 Å².